The molecule has 4 aromatic rings. The summed E-state index contributed by atoms with van der Waals surface area (Å²) < 4.78 is 86.0. The zero-order chi connectivity index (χ0) is 28.9. The molecule has 0 radical (unpaired) electrons. The zero-order valence-electron chi connectivity index (χ0n) is 21.3. The molecule has 0 amide bonds. The average molecular weight is 557 g/mol. The molecule has 1 aliphatic rings. The van der Waals surface area contributed by atoms with Crippen LogP contribution in [0.2, 0.25) is 0 Å². The molecule has 0 saturated heterocycles. The number of aryl methyl sites for hydroxylation is 1. The Balaban J connectivity index is 1.38. The molecule has 6 nitrogen and oxygen atoms in total. The van der Waals surface area contributed by atoms with Crippen LogP contribution < -0.4 is 14.2 Å². The fourth-order valence-corrected chi connectivity index (χ4v) is 4.38. The van der Waals surface area contributed by atoms with Crippen LogP contribution in [0.4, 0.5) is 22.0 Å². The zero-order valence-corrected chi connectivity index (χ0v) is 21.3. The third-order valence-corrected chi connectivity index (χ3v) is 6.49. The maximum absolute atomic E-state index is 14.0. The van der Waals surface area contributed by atoms with Gasteiger partial charge in [-0.15, -0.1) is 0 Å². The van der Waals surface area contributed by atoms with Crippen molar-refractivity contribution in [3.8, 4) is 17.2 Å². The molecule has 0 fully saturated rings. The summed E-state index contributed by atoms with van der Waals surface area (Å²) in [6, 6.07) is 10.4. The lowest BCUT2D eigenvalue weighted by Gasteiger charge is -2.16. The van der Waals surface area contributed by atoms with Crippen LogP contribution in [0, 0.1) is 36.0 Å². The van der Waals surface area contributed by atoms with Crippen LogP contribution in [0.5, 0.6) is 17.2 Å². The molecule has 0 N–H and O–H groups in total. The molecule has 5 rings (SSSR count). The molecule has 1 aliphatic heterocycles. The van der Waals surface area contributed by atoms with Crippen molar-refractivity contribution in [2.75, 3.05) is 0 Å². The molecular weight excluding hydrogens is 537 g/mol. The lowest BCUT2D eigenvalue weighted by Crippen LogP contribution is -2.29. The number of benzene rings is 3. The number of hydrogen-bond acceptors (Lipinski definition) is 5. The van der Waals surface area contributed by atoms with Crippen LogP contribution >= 0.6 is 0 Å². The fourth-order valence-electron chi connectivity index (χ4n) is 4.38. The molecule has 2 heterocycles. The summed E-state index contributed by atoms with van der Waals surface area (Å²) >= 11 is 0. The second-order valence-electron chi connectivity index (χ2n) is 8.97. The van der Waals surface area contributed by atoms with E-state index in [1.54, 1.807) is 6.08 Å². The molecule has 206 valence electrons. The van der Waals surface area contributed by atoms with E-state index in [1.807, 2.05) is 42.0 Å². The molecular formula is C29H20F5NO5. The van der Waals surface area contributed by atoms with Crippen LogP contribution in [0.15, 0.2) is 48.4 Å². The van der Waals surface area contributed by atoms with Gasteiger partial charge >= 0.3 is 5.97 Å². The number of carbonyl (C=O) groups excluding carboxylic acids is 2. The van der Waals surface area contributed by atoms with E-state index in [2.05, 4.69) is 0 Å². The van der Waals surface area contributed by atoms with Gasteiger partial charge in [-0.1, -0.05) is 18.2 Å². The number of para-hydroxylation sites is 1. The highest BCUT2D eigenvalue weighted by Gasteiger charge is 2.33. The average Bonchev–Trinajstić information content (AvgIpc) is 3.47. The van der Waals surface area contributed by atoms with Crippen LogP contribution in [0.3, 0.4) is 0 Å². The van der Waals surface area contributed by atoms with Gasteiger partial charge in [0.15, 0.2) is 17.6 Å². The van der Waals surface area contributed by atoms with Gasteiger partial charge in [-0.05, 0) is 45.0 Å². The van der Waals surface area contributed by atoms with Crippen LogP contribution in [-0.4, -0.2) is 22.4 Å². The van der Waals surface area contributed by atoms with Crippen molar-refractivity contribution in [3.05, 3.63) is 94.1 Å². The number of carbonyl (C=O) groups is 2. The Hall–Kier alpha value is -4.67. The monoisotopic (exact) mass is 557 g/mol. The molecule has 3 aromatic carbocycles. The topological polar surface area (TPSA) is 66.8 Å². The first-order valence-electron chi connectivity index (χ1n) is 12.1. The van der Waals surface area contributed by atoms with Gasteiger partial charge in [0.2, 0.25) is 34.9 Å². The minimum Gasteiger partial charge on any atom is -0.473 e. The number of hydrogen-bond donors (Lipinski definition) is 0. The van der Waals surface area contributed by atoms with Gasteiger partial charge in [0, 0.05) is 34.8 Å². The third kappa shape index (κ3) is 4.37. The van der Waals surface area contributed by atoms with Crippen molar-refractivity contribution in [3.63, 3.8) is 0 Å². The second-order valence-corrected chi connectivity index (χ2v) is 8.97. The summed E-state index contributed by atoms with van der Waals surface area (Å²) in [4.78, 5) is 25.6. The number of fused-ring (bicyclic) bond motifs is 2. The van der Waals surface area contributed by atoms with Gasteiger partial charge in [-0.3, -0.25) is 4.79 Å². The molecule has 0 saturated carbocycles. The Morgan fingerprint density at radius 2 is 1.65 bits per heavy atom. The Kier molecular flexibility index (Phi) is 6.82. The SMILES string of the molecule is CCn1cc(/C=C2\Oc3c(ccc(OC(=O)C(C)Oc4c(F)c(F)c(F)c(F)c4F)c3C)C2=O)c2ccccc21. The quantitative estimate of drug-likeness (QED) is 0.0663. The maximum Gasteiger partial charge on any atom is 0.352 e. The summed E-state index contributed by atoms with van der Waals surface area (Å²) in [6.45, 7) is 5.25. The number of nitrogens with zero attached hydrogens (tertiary/aromatic N) is 1. The van der Waals surface area contributed by atoms with E-state index in [1.165, 1.54) is 19.1 Å². The highest BCUT2D eigenvalue weighted by atomic mass is 19.2. The van der Waals surface area contributed by atoms with Gasteiger partial charge < -0.3 is 18.8 Å². The van der Waals surface area contributed by atoms with E-state index in [4.69, 9.17) is 14.2 Å². The highest BCUT2D eigenvalue weighted by Crippen LogP contribution is 2.40. The number of Topliss-reactive ketones (excluding diaryl/α,β-unsaturated/α-hetero) is 1. The van der Waals surface area contributed by atoms with Crippen LogP contribution in [-0.2, 0) is 11.3 Å². The molecule has 0 spiro atoms. The summed E-state index contributed by atoms with van der Waals surface area (Å²) in [5.74, 6) is -14.3. The van der Waals surface area contributed by atoms with Gasteiger partial charge in [-0.25, -0.2) is 18.0 Å². The number of ether oxygens (including phenoxy) is 3. The maximum atomic E-state index is 14.0. The minimum absolute atomic E-state index is 0.0589. The van der Waals surface area contributed by atoms with E-state index >= 15 is 0 Å². The molecule has 0 bridgehead atoms. The lowest BCUT2D eigenvalue weighted by molar-refractivity contribution is -0.141. The molecule has 11 heteroatoms. The Morgan fingerprint density at radius 1 is 1.00 bits per heavy atom. The first kappa shape index (κ1) is 26.9. The Morgan fingerprint density at radius 3 is 2.33 bits per heavy atom. The summed E-state index contributed by atoms with van der Waals surface area (Å²) in [6.07, 6.45) is 1.76. The Labute approximate surface area is 224 Å². The number of halogens is 5. The van der Waals surface area contributed by atoms with Crippen molar-refractivity contribution in [2.45, 2.75) is 33.4 Å². The van der Waals surface area contributed by atoms with Crippen LogP contribution in [0.1, 0.15) is 35.3 Å². The summed E-state index contributed by atoms with van der Waals surface area (Å²) in [7, 11) is 0. The van der Waals surface area contributed by atoms with Crippen LogP contribution in [0.25, 0.3) is 17.0 Å². The minimum atomic E-state index is -2.36. The number of aromatic nitrogens is 1. The molecule has 1 unspecified atom stereocenters. The van der Waals surface area contributed by atoms with E-state index in [0.29, 0.717) is 0 Å². The van der Waals surface area contributed by atoms with Crippen molar-refractivity contribution in [1.82, 2.24) is 4.57 Å². The number of rotatable bonds is 6. The van der Waals surface area contributed by atoms with Crippen molar-refractivity contribution in [2.24, 2.45) is 0 Å². The van der Waals surface area contributed by atoms with Crippen molar-refractivity contribution in [1.29, 1.82) is 0 Å². The van der Waals surface area contributed by atoms with Gasteiger partial charge in [-0.2, -0.15) is 8.78 Å². The smallest absolute Gasteiger partial charge is 0.352 e. The number of allylic oxidation sites excluding steroid dienone is 1. The summed E-state index contributed by atoms with van der Waals surface area (Å²) in [5.41, 5.74) is 2.26. The van der Waals surface area contributed by atoms with Crippen molar-refractivity contribution < 1.29 is 45.8 Å². The van der Waals surface area contributed by atoms with Gasteiger partial charge in [0.05, 0.1) is 5.56 Å². The predicted octanol–water partition coefficient (Wildman–Crippen LogP) is 6.65. The largest absolute Gasteiger partial charge is 0.473 e. The molecule has 40 heavy (non-hydrogen) atoms. The summed E-state index contributed by atoms with van der Waals surface area (Å²) in [5, 5.41) is 0.929. The molecule has 1 aromatic heterocycles. The second kappa shape index (κ2) is 10.1. The standard InChI is InChI=1S/C29H20F5NO5/c1-4-35-12-15(16-7-5-6-8-18(16)35)11-20-26(36)17-9-10-19(13(2)27(17)39-20)40-29(37)14(3)38-28-24(33)22(31)21(30)23(32)25(28)34/h5-12,14H,4H2,1-3H3/b20-11-. The van der Waals surface area contributed by atoms with Gasteiger partial charge in [0.1, 0.15) is 11.5 Å². The Bertz CT molecular complexity index is 1710. The third-order valence-electron chi connectivity index (χ3n) is 6.49. The number of esters is 1. The van der Waals surface area contributed by atoms with E-state index in [-0.39, 0.29) is 34.2 Å². The predicted molar refractivity (Wildman–Crippen MR) is 134 cm³/mol. The van der Waals surface area contributed by atoms with E-state index in [9.17, 15) is 31.5 Å². The van der Waals surface area contributed by atoms with E-state index in [0.717, 1.165) is 29.9 Å². The highest BCUT2D eigenvalue weighted by molar-refractivity contribution is 6.15. The lowest BCUT2D eigenvalue weighted by atomic mass is 10.1. The van der Waals surface area contributed by atoms with Gasteiger partial charge in [0.25, 0.3) is 0 Å². The normalized spacial score (nSPS) is 14.4. The fraction of sp³-hybridized carbons (Fsp3) is 0.172. The molecule has 0 aliphatic carbocycles. The first-order valence-corrected chi connectivity index (χ1v) is 12.1. The van der Waals surface area contributed by atoms with Crippen molar-refractivity contribution >= 4 is 28.7 Å². The first-order chi connectivity index (χ1) is 19.0. The molecule has 1 atom stereocenters. The number of ketones is 1. The van der Waals surface area contributed by atoms with E-state index < -0.39 is 46.9 Å².